The monoisotopic (exact) mass is 368 g/mol. The van der Waals surface area contributed by atoms with Crippen LogP contribution in [0.4, 0.5) is 0 Å². The van der Waals surface area contributed by atoms with E-state index >= 15 is 0 Å². The van der Waals surface area contributed by atoms with Crippen molar-refractivity contribution in [1.29, 1.82) is 0 Å². The maximum atomic E-state index is 12.4. The van der Waals surface area contributed by atoms with Crippen LogP contribution in [0.2, 0.25) is 0 Å². The van der Waals surface area contributed by atoms with Crippen LogP contribution in [-0.2, 0) is 0 Å². The lowest BCUT2D eigenvalue weighted by Gasteiger charge is -2.06. The molecule has 0 aliphatic rings. The summed E-state index contributed by atoms with van der Waals surface area (Å²) >= 11 is 1.24. The van der Waals surface area contributed by atoms with Crippen LogP contribution in [0.3, 0.4) is 0 Å². The standard InChI is InChI=1S/C20H20N2O3S/c1-4-24-18-8-6-5-7-16(18)19-21-22-20(25-19)26-12-17(23)15-10-9-13(2)14(3)11-15/h5-11H,4,12H2,1-3H3. The fraction of sp³-hybridized carbons (Fsp3) is 0.250. The number of ketones is 1. The molecule has 0 unspecified atom stereocenters. The first-order valence-corrected chi connectivity index (χ1v) is 9.36. The van der Waals surface area contributed by atoms with Gasteiger partial charge >= 0.3 is 0 Å². The number of carbonyl (C=O) groups is 1. The zero-order valence-electron chi connectivity index (χ0n) is 15.0. The van der Waals surface area contributed by atoms with Crippen LogP contribution in [0, 0.1) is 13.8 Å². The second-order valence-corrected chi connectivity index (χ2v) is 6.74. The molecule has 1 heterocycles. The van der Waals surface area contributed by atoms with E-state index in [0.29, 0.717) is 29.0 Å². The van der Waals surface area contributed by atoms with Gasteiger partial charge in [0.25, 0.3) is 11.1 Å². The lowest BCUT2D eigenvalue weighted by atomic mass is 10.0. The largest absolute Gasteiger partial charge is 0.493 e. The van der Waals surface area contributed by atoms with Crippen molar-refractivity contribution in [2.45, 2.75) is 26.0 Å². The minimum absolute atomic E-state index is 0.0348. The number of Topliss-reactive ketones (excluding diaryl/α,β-unsaturated/α-hetero) is 1. The summed E-state index contributed by atoms with van der Waals surface area (Å²) in [5, 5.41) is 8.47. The number of benzene rings is 2. The Kier molecular flexibility index (Phi) is 5.73. The van der Waals surface area contributed by atoms with E-state index < -0.39 is 0 Å². The minimum Gasteiger partial charge on any atom is -0.493 e. The van der Waals surface area contributed by atoms with Gasteiger partial charge in [0, 0.05) is 5.56 Å². The maximum absolute atomic E-state index is 12.4. The number of aryl methyl sites for hydroxylation is 2. The molecule has 0 aliphatic carbocycles. The number of rotatable bonds is 7. The molecule has 5 nitrogen and oxygen atoms in total. The lowest BCUT2D eigenvalue weighted by molar-refractivity contribution is 0.102. The van der Waals surface area contributed by atoms with Crippen molar-refractivity contribution in [1.82, 2.24) is 10.2 Å². The molecule has 0 bridgehead atoms. The second kappa shape index (κ2) is 8.19. The van der Waals surface area contributed by atoms with Crippen molar-refractivity contribution in [3.63, 3.8) is 0 Å². The molecule has 6 heteroatoms. The van der Waals surface area contributed by atoms with Gasteiger partial charge in [0.1, 0.15) is 5.75 Å². The third kappa shape index (κ3) is 4.14. The molecular formula is C20H20N2O3S. The summed E-state index contributed by atoms with van der Waals surface area (Å²) in [6, 6.07) is 13.2. The Labute approximate surface area is 156 Å². The molecule has 1 aromatic heterocycles. The molecule has 26 heavy (non-hydrogen) atoms. The number of hydrogen-bond donors (Lipinski definition) is 0. The minimum atomic E-state index is 0.0348. The van der Waals surface area contributed by atoms with E-state index in [1.54, 1.807) is 0 Å². The van der Waals surface area contributed by atoms with Gasteiger partial charge in [-0.2, -0.15) is 0 Å². The zero-order chi connectivity index (χ0) is 18.5. The van der Waals surface area contributed by atoms with Gasteiger partial charge in [0.2, 0.25) is 0 Å². The van der Waals surface area contributed by atoms with Gasteiger partial charge < -0.3 is 9.15 Å². The summed E-state index contributed by atoms with van der Waals surface area (Å²) < 4.78 is 11.3. The second-order valence-electron chi connectivity index (χ2n) is 5.81. The number of para-hydroxylation sites is 1. The highest BCUT2D eigenvalue weighted by Gasteiger charge is 2.15. The molecule has 0 spiro atoms. The average molecular weight is 368 g/mol. The summed E-state index contributed by atoms with van der Waals surface area (Å²) in [6.07, 6.45) is 0. The van der Waals surface area contributed by atoms with Gasteiger partial charge in [-0.3, -0.25) is 4.79 Å². The zero-order valence-corrected chi connectivity index (χ0v) is 15.8. The van der Waals surface area contributed by atoms with E-state index in [2.05, 4.69) is 10.2 Å². The number of nitrogens with zero attached hydrogens (tertiary/aromatic N) is 2. The number of hydrogen-bond acceptors (Lipinski definition) is 6. The molecule has 134 valence electrons. The predicted octanol–water partition coefficient (Wildman–Crippen LogP) is 4.73. The fourth-order valence-corrected chi connectivity index (χ4v) is 3.08. The summed E-state index contributed by atoms with van der Waals surface area (Å²) in [4.78, 5) is 12.4. The number of aromatic nitrogens is 2. The van der Waals surface area contributed by atoms with Crippen LogP contribution >= 0.6 is 11.8 Å². The quantitative estimate of drug-likeness (QED) is 0.444. The first kappa shape index (κ1) is 18.2. The highest BCUT2D eigenvalue weighted by molar-refractivity contribution is 7.99. The normalized spacial score (nSPS) is 10.7. The Hall–Kier alpha value is -2.60. The van der Waals surface area contributed by atoms with E-state index in [1.165, 1.54) is 17.3 Å². The SMILES string of the molecule is CCOc1ccccc1-c1nnc(SCC(=O)c2ccc(C)c(C)c2)o1. The van der Waals surface area contributed by atoms with Crippen LogP contribution in [0.25, 0.3) is 11.5 Å². The first-order chi connectivity index (χ1) is 12.6. The molecule has 0 radical (unpaired) electrons. The Bertz CT molecular complexity index is 921. The van der Waals surface area contributed by atoms with Crippen LogP contribution in [0.1, 0.15) is 28.4 Å². The number of ether oxygens (including phenoxy) is 1. The van der Waals surface area contributed by atoms with Crippen molar-refractivity contribution in [3.05, 3.63) is 59.2 Å². The number of thioether (sulfide) groups is 1. The Morgan fingerprint density at radius 1 is 1.12 bits per heavy atom. The molecule has 0 N–H and O–H groups in total. The topological polar surface area (TPSA) is 65.2 Å². The third-order valence-electron chi connectivity index (χ3n) is 3.98. The van der Waals surface area contributed by atoms with Gasteiger partial charge in [-0.05, 0) is 50.1 Å². The molecule has 0 aliphatic heterocycles. The van der Waals surface area contributed by atoms with Gasteiger partial charge in [-0.15, -0.1) is 10.2 Å². The smallest absolute Gasteiger partial charge is 0.277 e. The summed E-state index contributed by atoms with van der Waals surface area (Å²) in [6.45, 7) is 6.50. The van der Waals surface area contributed by atoms with Crippen molar-refractivity contribution < 1.29 is 13.9 Å². The van der Waals surface area contributed by atoms with Crippen LogP contribution < -0.4 is 4.74 Å². The van der Waals surface area contributed by atoms with Crippen molar-refractivity contribution >= 4 is 17.5 Å². The average Bonchev–Trinajstić information content (AvgIpc) is 3.11. The summed E-state index contributed by atoms with van der Waals surface area (Å²) in [5.41, 5.74) is 3.72. The molecule has 0 fully saturated rings. The molecule has 3 aromatic rings. The van der Waals surface area contributed by atoms with Crippen molar-refractivity contribution in [3.8, 4) is 17.2 Å². The molecule has 0 saturated heterocycles. The highest BCUT2D eigenvalue weighted by atomic mass is 32.2. The Balaban J connectivity index is 1.69. The third-order valence-corrected chi connectivity index (χ3v) is 4.80. The maximum Gasteiger partial charge on any atom is 0.277 e. The number of carbonyl (C=O) groups excluding carboxylic acids is 1. The molecule has 0 amide bonds. The van der Waals surface area contributed by atoms with Gasteiger partial charge in [-0.25, -0.2) is 0 Å². The highest BCUT2D eigenvalue weighted by Crippen LogP contribution is 2.30. The van der Waals surface area contributed by atoms with E-state index in [-0.39, 0.29) is 11.5 Å². The van der Waals surface area contributed by atoms with Crippen molar-refractivity contribution in [2.24, 2.45) is 0 Å². The lowest BCUT2D eigenvalue weighted by Crippen LogP contribution is -2.03. The fourth-order valence-electron chi connectivity index (χ4n) is 2.43. The molecule has 2 aromatic carbocycles. The molecular weight excluding hydrogens is 348 g/mol. The van der Waals surface area contributed by atoms with Crippen LogP contribution in [0.5, 0.6) is 5.75 Å². The summed E-state index contributed by atoms with van der Waals surface area (Å²) in [5.74, 6) is 1.36. The van der Waals surface area contributed by atoms with Gasteiger partial charge in [0.15, 0.2) is 5.78 Å². The first-order valence-electron chi connectivity index (χ1n) is 8.37. The van der Waals surface area contributed by atoms with E-state index in [4.69, 9.17) is 9.15 Å². The van der Waals surface area contributed by atoms with Crippen LogP contribution in [0.15, 0.2) is 52.1 Å². The van der Waals surface area contributed by atoms with E-state index in [9.17, 15) is 4.79 Å². The molecule has 0 atom stereocenters. The van der Waals surface area contributed by atoms with Crippen LogP contribution in [-0.4, -0.2) is 28.3 Å². The summed E-state index contributed by atoms with van der Waals surface area (Å²) in [7, 11) is 0. The molecule has 0 saturated carbocycles. The van der Waals surface area contributed by atoms with E-state index in [1.807, 2.05) is 63.2 Å². The predicted molar refractivity (Wildman–Crippen MR) is 102 cm³/mol. The Morgan fingerprint density at radius 2 is 1.92 bits per heavy atom. The van der Waals surface area contributed by atoms with Gasteiger partial charge in [-0.1, -0.05) is 36.0 Å². The van der Waals surface area contributed by atoms with Crippen molar-refractivity contribution in [2.75, 3.05) is 12.4 Å². The molecule has 3 rings (SSSR count). The van der Waals surface area contributed by atoms with Gasteiger partial charge in [0.05, 0.1) is 17.9 Å². The van der Waals surface area contributed by atoms with E-state index in [0.717, 1.165) is 11.1 Å². The Morgan fingerprint density at radius 3 is 2.69 bits per heavy atom.